The molecule has 10 rings (SSSR count). The smallest absolute Gasteiger partial charge is 0.0640 e. The monoisotopic (exact) mass is 694 g/mol. The summed E-state index contributed by atoms with van der Waals surface area (Å²) in [6.07, 6.45) is 0. The molecule has 53 heavy (non-hydrogen) atoms. The SMILES string of the molecule is c1ccc(N(c2ccccc2)c2cc(-c3cc4ccccc4c4ccccc34)cc(N(c3ccccc3)c3cccc4c3sc3ccccc34)c2)cc1. The summed E-state index contributed by atoms with van der Waals surface area (Å²) < 4.78 is 2.56. The molecule has 2 nitrogen and oxygen atoms in total. The molecule has 3 heteroatoms. The first kappa shape index (κ1) is 31.1. The van der Waals surface area contributed by atoms with Crippen LogP contribution in [-0.2, 0) is 0 Å². The Bertz CT molecular complexity index is 2860. The summed E-state index contributed by atoms with van der Waals surface area (Å²) in [6.45, 7) is 0. The molecular formula is C50H34N2S. The second kappa shape index (κ2) is 13.1. The van der Waals surface area contributed by atoms with Gasteiger partial charge in [-0.1, -0.05) is 133 Å². The molecule has 1 aromatic heterocycles. The maximum Gasteiger partial charge on any atom is 0.0640 e. The number of benzene rings is 9. The number of anilines is 6. The average Bonchev–Trinajstić information content (AvgIpc) is 3.62. The van der Waals surface area contributed by atoms with Gasteiger partial charge in [0.15, 0.2) is 0 Å². The third kappa shape index (κ3) is 5.50. The first-order valence-corrected chi connectivity index (χ1v) is 18.8. The fourth-order valence-electron chi connectivity index (χ4n) is 7.82. The maximum atomic E-state index is 2.45. The van der Waals surface area contributed by atoms with Gasteiger partial charge in [-0.2, -0.15) is 0 Å². The molecule has 0 aliphatic heterocycles. The minimum Gasteiger partial charge on any atom is -0.310 e. The van der Waals surface area contributed by atoms with Crippen LogP contribution < -0.4 is 9.80 Å². The molecular weight excluding hydrogens is 661 g/mol. The van der Waals surface area contributed by atoms with Gasteiger partial charge in [-0.15, -0.1) is 11.3 Å². The molecule has 250 valence electrons. The van der Waals surface area contributed by atoms with Gasteiger partial charge in [-0.05, 0) is 105 Å². The molecule has 0 aliphatic carbocycles. The van der Waals surface area contributed by atoms with Crippen molar-refractivity contribution in [3.8, 4) is 11.1 Å². The Morgan fingerprint density at radius 3 is 1.51 bits per heavy atom. The van der Waals surface area contributed by atoms with E-state index < -0.39 is 0 Å². The van der Waals surface area contributed by atoms with Crippen LogP contribution in [0, 0.1) is 0 Å². The highest BCUT2D eigenvalue weighted by Gasteiger charge is 2.22. The number of para-hydroxylation sites is 3. The normalized spacial score (nSPS) is 11.4. The Balaban J connectivity index is 1.30. The molecule has 0 spiro atoms. The van der Waals surface area contributed by atoms with Gasteiger partial charge in [-0.25, -0.2) is 0 Å². The summed E-state index contributed by atoms with van der Waals surface area (Å²) >= 11 is 1.86. The quantitative estimate of drug-likeness (QED) is 0.153. The van der Waals surface area contributed by atoms with Gasteiger partial charge in [0.25, 0.3) is 0 Å². The van der Waals surface area contributed by atoms with E-state index in [9.17, 15) is 0 Å². The minimum absolute atomic E-state index is 1.08. The first-order chi connectivity index (χ1) is 26.3. The van der Waals surface area contributed by atoms with E-state index in [-0.39, 0.29) is 0 Å². The summed E-state index contributed by atoms with van der Waals surface area (Å²) in [6, 6.07) is 74.7. The molecule has 0 bridgehead atoms. The number of fused-ring (bicyclic) bond motifs is 6. The zero-order valence-electron chi connectivity index (χ0n) is 28.9. The maximum absolute atomic E-state index is 2.45. The van der Waals surface area contributed by atoms with E-state index in [2.05, 4.69) is 216 Å². The van der Waals surface area contributed by atoms with Crippen LogP contribution in [0.15, 0.2) is 206 Å². The summed E-state index contributed by atoms with van der Waals surface area (Å²) in [5.74, 6) is 0. The zero-order chi connectivity index (χ0) is 35.1. The highest BCUT2D eigenvalue weighted by molar-refractivity contribution is 7.26. The fourth-order valence-corrected chi connectivity index (χ4v) is 9.02. The highest BCUT2D eigenvalue weighted by Crippen LogP contribution is 2.48. The number of nitrogens with zero attached hydrogens (tertiary/aromatic N) is 2. The van der Waals surface area contributed by atoms with Gasteiger partial charge in [0.05, 0.1) is 10.4 Å². The molecule has 0 atom stereocenters. The van der Waals surface area contributed by atoms with E-state index in [0.717, 1.165) is 39.7 Å². The molecule has 0 aliphatic rings. The van der Waals surface area contributed by atoms with Gasteiger partial charge in [0.1, 0.15) is 0 Å². The largest absolute Gasteiger partial charge is 0.310 e. The lowest BCUT2D eigenvalue weighted by Gasteiger charge is -2.30. The lowest BCUT2D eigenvalue weighted by Crippen LogP contribution is -2.13. The number of thiophene rings is 1. The molecule has 9 aromatic carbocycles. The second-order valence-corrected chi connectivity index (χ2v) is 14.4. The highest BCUT2D eigenvalue weighted by atomic mass is 32.1. The summed E-state index contributed by atoms with van der Waals surface area (Å²) in [5, 5.41) is 7.55. The van der Waals surface area contributed by atoms with Crippen molar-refractivity contribution in [2.45, 2.75) is 0 Å². The Morgan fingerprint density at radius 2 is 0.830 bits per heavy atom. The van der Waals surface area contributed by atoms with Crippen molar-refractivity contribution in [3.05, 3.63) is 206 Å². The van der Waals surface area contributed by atoms with E-state index in [1.807, 2.05) is 11.3 Å². The number of hydrogen-bond acceptors (Lipinski definition) is 3. The summed E-state index contributed by atoms with van der Waals surface area (Å²) in [7, 11) is 0. The van der Waals surface area contributed by atoms with Crippen LogP contribution in [0.5, 0.6) is 0 Å². The van der Waals surface area contributed by atoms with Crippen molar-refractivity contribution < 1.29 is 0 Å². The van der Waals surface area contributed by atoms with E-state index in [4.69, 9.17) is 0 Å². The molecule has 0 unspecified atom stereocenters. The van der Waals surface area contributed by atoms with Crippen molar-refractivity contribution >= 4 is 87.2 Å². The number of hydrogen-bond donors (Lipinski definition) is 0. The summed E-state index contributed by atoms with van der Waals surface area (Å²) in [5.41, 5.74) is 8.99. The van der Waals surface area contributed by atoms with Crippen molar-refractivity contribution in [1.29, 1.82) is 0 Å². The van der Waals surface area contributed by atoms with Gasteiger partial charge in [0.2, 0.25) is 0 Å². The molecule has 1 heterocycles. The Labute approximate surface area is 313 Å². The third-order valence-corrected chi connectivity index (χ3v) is 11.4. The average molecular weight is 695 g/mol. The van der Waals surface area contributed by atoms with Crippen molar-refractivity contribution in [3.63, 3.8) is 0 Å². The standard InChI is InChI=1S/C50H34N2S/c1-4-18-37(19-5-1)51(38-20-6-2-7-21-38)40-31-36(47-33-35-17-10-11-24-42(35)43-25-12-13-26-44(43)47)32-41(34-40)52(39-22-8-3-9-23-39)48-29-16-28-46-45-27-14-15-30-49(45)53-50(46)48/h1-34H. The van der Waals surface area contributed by atoms with E-state index in [0.29, 0.717) is 0 Å². The van der Waals surface area contributed by atoms with Gasteiger partial charge in [0, 0.05) is 43.9 Å². The van der Waals surface area contributed by atoms with E-state index in [1.165, 1.54) is 47.3 Å². The Morgan fingerprint density at radius 1 is 0.321 bits per heavy atom. The lowest BCUT2D eigenvalue weighted by molar-refractivity contribution is 1.26. The van der Waals surface area contributed by atoms with Crippen LogP contribution in [0.1, 0.15) is 0 Å². The molecule has 0 amide bonds. The van der Waals surface area contributed by atoms with Crippen molar-refractivity contribution in [2.24, 2.45) is 0 Å². The topological polar surface area (TPSA) is 6.48 Å². The Kier molecular flexibility index (Phi) is 7.71. The van der Waals surface area contributed by atoms with Crippen LogP contribution >= 0.6 is 11.3 Å². The predicted octanol–water partition coefficient (Wildman–Crippen LogP) is 15.0. The van der Waals surface area contributed by atoms with Crippen LogP contribution in [0.25, 0.3) is 52.8 Å². The predicted molar refractivity (Wildman–Crippen MR) is 229 cm³/mol. The van der Waals surface area contributed by atoms with Crippen molar-refractivity contribution in [2.75, 3.05) is 9.80 Å². The molecule has 0 radical (unpaired) electrons. The van der Waals surface area contributed by atoms with E-state index >= 15 is 0 Å². The van der Waals surface area contributed by atoms with Crippen molar-refractivity contribution in [1.82, 2.24) is 0 Å². The van der Waals surface area contributed by atoms with E-state index in [1.54, 1.807) is 0 Å². The zero-order valence-corrected chi connectivity index (χ0v) is 29.7. The Hall–Kier alpha value is -6.68. The van der Waals surface area contributed by atoms with Gasteiger partial charge in [-0.3, -0.25) is 0 Å². The molecule has 0 saturated carbocycles. The summed E-state index contributed by atoms with van der Waals surface area (Å²) in [4.78, 5) is 4.82. The van der Waals surface area contributed by atoms with Crippen LogP contribution in [-0.4, -0.2) is 0 Å². The van der Waals surface area contributed by atoms with Crippen LogP contribution in [0.4, 0.5) is 34.1 Å². The molecule has 0 N–H and O–H groups in total. The van der Waals surface area contributed by atoms with Gasteiger partial charge < -0.3 is 9.80 Å². The van der Waals surface area contributed by atoms with Gasteiger partial charge >= 0.3 is 0 Å². The fraction of sp³-hybridized carbons (Fsp3) is 0. The molecule has 10 aromatic rings. The van der Waals surface area contributed by atoms with Crippen LogP contribution in [0.3, 0.4) is 0 Å². The third-order valence-electron chi connectivity index (χ3n) is 10.2. The van der Waals surface area contributed by atoms with Crippen LogP contribution in [0.2, 0.25) is 0 Å². The first-order valence-electron chi connectivity index (χ1n) is 18.0. The molecule has 0 fully saturated rings. The number of rotatable bonds is 7. The molecule has 0 saturated heterocycles. The lowest BCUT2D eigenvalue weighted by atomic mass is 9.92. The second-order valence-electron chi connectivity index (χ2n) is 13.4. The minimum atomic E-state index is 1.08.